The van der Waals surface area contributed by atoms with E-state index >= 15 is 0 Å². The van der Waals surface area contributed by atoms with Gasteiger partial charge in [-0.1, -0.05) is 18.5 Å². The molecule has 0 aliphatic carbocycles. The molecule has 2 rings (SSSR count). The van der Waals surface area contributed by atoms with Crippen LogP contribution >= 0.6 is 22.9 Å². The number of nitrogens with one attached hydrogen (secondary N) is 1. The predicted octanol–water partition coefficient (Wildman–Crippen LogP) is 3.15. The van der Waals surface area contributed by atoms with Gasteiger partial charge in [-0.25, -0.2) is 0 Å². The summed E-state index contributed by atoms with van der Waals surface area (Å²) in [6, 6.07) is 5.24. The second-order valence-electron chi connectivity index (χ2n) is 4.52. The molecular formula is C12H19ClN2S. The van der Waals surface area contributed by atoms with Crippen molar-refractivity contribution in [3.8, 4) is 0 Å². The van der Waals surface area contributed by atoms with Crippen LogP contribution < -0.4 is 5.32 Å². The molecule has 1 aromatic rings. The maximum absolute atomic E-state index is 5.98. The lowest BCUT2D eigenvalue weighted by Crippen LogP contribution is -2.34. The molecule has 1 aliphatic heterocycles. The van der Waals surface area contributed by atoms with Crippen molar-refractivity contribution in [2.75, 3.05) is 20.1 Å². The van der Waals surface area contributed by atoms with Crippen LogP contribution in [0.4, 0.5) is 0 Å². The van der Waals surface area contributed by atoms with Gasteiger partial charge in [0, 0.05) is 23.5 Å². The third-order valence-electron chi connectivity index (χ3n) is 3.17. The van der Waals surface area contributed by atoms with Gasteiger partial charge in [0.25, 0.3) is 0 Å². The van der Waals surface area contributed by atoms with Crippen LogP contribution in [0, 0.1) is 0 Å². The van der Waals surface area contributed by atoms with Crippen LogP contribution in [0.2, 0.25) is 4.34 Å². The highest BCUT2D eigenvalue weighted by atomic mass is 35.5. The first kappa shape index (κ1) is 12.4. The van der Waals surface area contributed by atoms with E-state index in [0.717, 1.165) is 17.3 Å². The molecule has 0 saturated carbocycles. The summed E-state index contributed by atoms with van der Waals surface area (Å²) in [4.78, 5) is 3.74. The number of rotatable bonds is 4. The van der Waals surface area contributed by atoms with E-state index in [1.165, 1.54) is 17.8 Å². The first-order valence-electron chi connectivity index (χ1n) is 5.89. The Morgan fingerprint density at radius 2 is 2.44 bits per heavy atom. The molecule has 0 aromatic carbocycles. The van der Waals surface area contributed by atoms with E-state index in [0.29, 0.717) is 12.1 Å². The monoisotopic (exact) mass is 258 g/mol. The third-order valence-corrected chi connectivity index (χ3v) is 4.52. The highest BCUT2D eigenvalue weighted by Crippen LogP contribution is 2.29. The lowest BCUT2D eigenvalue weighted by Gasteiger charge is -2.20. The lowest BCUT2D eigenvalue weighted by atomic mass is 10.1. The Kier molecular flexibility index (Phi) is 4.25. The second kappa shape index (κ2) is 5.50. The fourth-order valence-electron chi connectivity index (χ4n) is 2.27. The molecule has 4 heteroatoms. The van der Waals surface area contributed by atoms with Crippen LogP contribution in [0.5, 0.6) is 0 Å². The minimum atomic E-state index is 0.467. The molecule has 0 bridgehead atoms. The van der Waals surface area contributed by atoms with Gasteiger partial charge >= 0.3 is 0 Å². The molecule has 0 spiro atoms. The second-order valence-corrected chi connectivity index (χ2v) is 6.26. The van der Waals surface area contributed by atoms with Gasteiger partial charge in [-0.3, -0.25) is 0 Å². The van der Waals surface area contributed by atoms with E-state index in [1.54, 1.807) is 11.3 Å². The molecule has 16 heavy (non-hydrogen) atoms. The molecule has 0 radical (unpaired) electrons. The van der Waals surface area contributed by atoms with Crippen molar-refractivity contribution >= 4 is 22.9 Å². The molecule has 1 fully saturated rings. The van der Waals surface area contributed by atoms with Crippen LogP contribution in [0.1, 0.15) is 30.7 Å². The van der Waals surface area contributed by atoms with Crippen molar-refractivity contribution in [2.24, 2.45) is 0 Å². The standard InChI is InChI=1S/C12H19ClN2S/c1-3-10(11-4-5-12(13)16-11)14-9-6-7-15(2)8-9/h4-5,9-10,14H,3,6-8H2,1-2H3. The zero-order valence-electron chi connectivity index (χ0n) is 9.87. The smallest absolute Gasteiger partial charge is 0.0931 e. The highest BCUT2D eigenvalue weighted by Gasteiger charge is 2.22. The van der Waals surface area contributed by atoms with Crippen LogP contribution in [0.15, 0.2) is 12.1 Å². The summed E-state index contributed by atoms with van der Waals surface area (Å²) in [5.41, 5.74) is 0. The number of likely N-dealkylation sites (N-methyl/N-ethyl adjacent to an activating group) is 1. The van der Waals surface area contributed by atoms with Gasteiger partial charge in [-0.2, -0.15) is 0 Å². The number of hydrogen-bond donors (Lipinski definition) is 1. The minimum absolute atomic E-state index is 0.467. The Hall–Kier alpha value is -0.0900. The molecule has 2 heterocycles. The first-order valence-corrected chi connectivity index (χ1v) is 7.08. The third kappa shape index (κ3) is 2.98. The summed E-state index contributed by atoms with van der Waals surface area (Å²) in [6.07, 6.45) is 2.38. The zero-order chi connectivity index (χ0) is 11.5. The quantitative estimate of drug-likeness (QED) is 0.893. The molecule has 2 atom stereocenters. The summed E-state index contributed by atoms with van der Waals surface area (Å²) >= 11 is 7.68. The van der Waals surface area contributed by atoms with Crippen molar-refractivity contribution < 1.29 is 0 Å². The SMILES string of the molecule is CCC(NC1CCN(C)C1)c1ccc(Cl)s1. The van der Waals surface area contributed by atoms with Gasteiger partial charge in [-0.15, -0.1) is 11.3 Å². The van der Waals surface area contributed by atoms with Gasteiger partial charge < -0.3 is 10.2 Å². The molecule has 2 nitrogen and oxygen atoms in total. The highest BCUT2D eigenvalue weighted by molar-refractivity contribution is 7.16. The topological polar surface area (TPSA) is 15.3 Å². The van der Waals surface area contributed by atoms with Crippen molar-refractivity contribution in [3.05, 3.63) is 21.3 Å². The van der Waals surface area contributed by atoms with Crippen molar-refractivity contribution in [3.63, 3.8) is 0 Å². The number of likely N-dealkylation sites (tertiary alicyclic amines) is 1. The summed E-state index contributed by atoms with van der Waals surface area (Å²) in [5.74, 6) is 0. The summed E-state index contributed by atoms with van der Waals surface area (Å²) < 4.78 is 0.888. The minimum Gasteiger partial charge on any atom is -0.305 e. The average molecular weight is 259 g/mol. The fraction of sp³-hybridized carbons (Fsp3) is 0.667. The van der Waals surface area contributed by atoms with Gasteiger partial charge in [0.15, 0.2) is 0 Å². The number of nitrogens with zero attached hydrogens (tertiary/aromatic N) is 1. The van der Waals surface area contributed by atoms with Crippen molar-refractivity contribution in [1.29, 1.82) is 0 Å². The van der Waals surface area contributed by atoms with Gasteiger partial charge in [0.1, 0.15) is 0 Å². The maximum Gasteiger partial charge on any atom is 0.0931 e. The van der Waals surface area contributed by atoms with Crippen molar-refractivity contribution in [2.45, 2.75) is 31.8 Å². The Morgan fingerprint density at radius 1 is 1.62 bits per heavy atom. The maximum atomic E-state index is 5.98. The van der Waals surface area contributed by atoms with Crippen LogP contribution in [0.25, 0.3) is 0 Å². The number of hydrogen-bond acceptors (Lipinski definition) is 3. The Bertz CT molecular complexity index is 340. The van der Waals surface area contributed by atoms with E-state index in [4.69, 9.17) is 11.6 Å². The normalized spacial score (nSPS) is 23.8. The molecule has 0 amide bonds. The molecule has 90 valence electrons. The average Bonchev–Trinajstić information content (AvgIpc) is 2.84. The lowest BCUT2D eigenvalue weighted by molar-refractivity contribution is 0.380. The van der Waals surface area contributed by atoms with E-state index in [2.05, 4.69) is 30.3 Å². The van der Waals surface area contributed by atoms with Gasteiger partial charge in [-0.05, 0) is 38.6 Å². The van der Waals surface area contributed by atoms with E-state index < -0.39 is 0 Å². The van der Waals surface area contributed by atoms with Gasteiger partial charge in [0.2, 0.25) is 0 Å². The van der Waals surface area contributed by atoms with E-state index in [1.807, 2.05) is 6.07 Å². The van der Waals surface area contributed by atoms with E-state index in [-0.39, 0.29) is 0 Å². The van der Waals surface area contributed by atoms with Crippen molar-refractivity contribution in [1.82, 2.24) is 10.2 Å². The number of thiophene rings is 1. The van der Waals surface area contributed by atoms with Crippen LogP contribution in [-0.4, -0.2) is 31.1 Å². The summed E-state index contributed by atoms with van der Waals surface area (Å²) in [7, 11) is 2.19. The summed E-state index contributed by atoms with van der Waals surface area (Å²) in [6.45, 7) is 4.60. The molecular weight excluding hydrogens is 240 g/mol. The fourth-order valence-corrected chi connectivity index (χ4v) is 3.48. The Balaban J connectivity index is 1.95. The van der Waals surface area contributed by atoms with Crippen LogP contribution in [-0.2, 0) is 0 Å². The molecule has 1 N–H and O–H groups in total. The van der Waals surface area contributed by atoms with Gasteiger partial charge in [0.05, 0.1) is 4.34 Å². The Morgan fingerprint density at radius 3 is 2.94 bits per heavy atom. The molecule has 1 aromatic heterocycles. The van der Waals surface area contributed by atoms with Crippen LogP contribution in [0.3, 0.4) is 0 Å². The van der Waals surface area contributed by atoms with E-state index in [9.17, 15) is 0 Å². The Labute approximate surface area is 107 Å². The summed E-state index contributed by atoms with van der Waals surface area (Å²) in [5, 5.41) is 3.74. The number of halogens is 1. The first-order chi connectivity index (χ1) is 7.69. The molecule has 2 unspecified atom stereocenters. The molecule has 1 aliphatic rings. The molecule has 1 saturated heterocycles. The largest absolute Gasteiger partial charge is 0.305 e. The zero-order valence-corrected chi connectivity index (χ0v) is 11.4. The predicted molar refractivity (Wildman–Crippen MR) is 71.4 cm³/mol.